The summed E-state index contributed by atoms with van der Waals surface area (Å²) in [6.45, 7) is 5.51. The standard InChI is InChI=1S/C13H17F2NO/c1-8(2)12-6-16-7-13(17-12)9-3-10(14)5-11(15)4-9/h3-5,8,12-13,16H,6-7H2,1-2H3. The quantitative estimate of drug-likeness (QED) is 0.859. The van der Waals surface area contributed by atoms with Crippen LogP contribution in [0, 0.1) is 17.6 Å². The van der Waals surface area contributed by atoms with Crippen molar-refractivity contribution < 1.29 is 13.5 Å². The van der Waals surface area contributed by atoms with Crippen molar-refractivity contribution in [2.24, 2.45) is 5.92 Å². The molecule has 2 unspecified atom stereocenters. The largest absolute Gasteiger partial charge is 0.367 e. The van der Waals surface area contributed by atoms with Gasteiger partial charge in [0.25, 0.3) is 0 Å². The highest BCUT2D eigenvalue weighted by Gasteiger charge is 2.25. The molecule has 1 heterocycles. The fourth-order valence-electron chi connectivity index (χ4n) is 2.01. The molecule has 1 aliphatic rings. The minimum atomic E-state index is -0.560. The summed E-state index contributed by atoms with van der Waals surface area (Å²) in [6, 6.07) is 3.54. The van der Waals surface area contributed by atoms with Crippen LogP contribution in [-0.4, -0.2) is 19.2 Å². The zero-order chi connectivity index (χ0) is 12.4. The van der Waals surface area contributed by atoms with Crippen molar-refractivity contribution in [1.29, 1.82) is 0 Å². The molecule has 0 radical (unpaired) electrons. The van der Waals surface area contributed by atoms with Gasteiger partial charge in [0.1, 0.15) is 11.6 Å². The predicted octanol–water partition coefficient (Wildman–Crippen LogP) is 2.65. The topological polar surface area (TPSA) is 21.3 Å². The molecule has 1 fully saturated rings. The maximum Gasteiger partial charge on any atom is 0.126 e. The van der Waals surface area contributed by atoms with Crippen LogP contribution in [0.25, 0.3) is 0 Å². The molecule has 1 saturated heterocycles. The van der Waals surface area contributed by atoms with Gasteiger partial charge in [0.15, 0.2) is 0 Å². The van der Waals surface area contributed by atoms with E-state index in [0.717, 1.165) is 12.6 Å². The van der Waals surface area contributed by atoms with Gasteiger partial charge in [-0.1, -0.05) is 13.8 Å². The molecule has 0 aromatic heterocycles. The van der Waals surface area contributed by atoms with Crippen molar-refractivity contribution >= 4 is 0 Å². The van der Waals surface area contributed by atoms with Crippen molar-refractivity contribution in [3.05, 3.63) is 35.4 Å². The summed E-state index contributed by atoms with van der Waals surface area (Å²) in [5, 5.41) is 3.23. The molecule has 94 valence electrons. The van der Waals surface area contributed by atoms with Crippen LogP contribution < -0.4 is 5.32 Å². The molecule has 17 heavy (non-hydrogen) atoms. The minimum absolute atomic E-state index is 0.0834. The Hall–Kier alpha value is -1.00. The Morgan fingerprint density at radius 1 is 1.18 bits per heavy atom. The fraction of sp³-hybridized carbons (Fsp3) is 0.538. The molecular weight excluding hydrogens is 224 g/mol. The Bertz CT molecular complexity index is 375. The van der Waals surface area contributed by atoms with Crippen LogP contribution in [0.4, 0.5) is 8.78 Å². The summed E-state index contributed by atoms with van der Waals surface area (Å²) in [7, 11) is 0. The third-order valence-corrected chi connectivity index (χ3v) is 3.01. The second-order valence-electron chi connectivity index (χ2n) is 4.77. The van der Waals surface area contributed by atoms with Gasteiger partial charge in [0.05, 0.1) is 12.2 Å². The molecule has 2 atom stereocenters. The fourth-order valence-corrected chi connectivity index (χ4v) is 2.01. The van der Waals surface area contributed by atoms with Gasteiger partial charge < -0.3 is 10.1 Å². The molecule has 1 aromatic carbocycles. The number of halogens is 2. The summed E-state index contributed by atoms with van der Waals surface area (Å²) in [6.07, 6.45) is -0.193. The molecule has 0 aliphatic carbocycles. The second-order valence-corrected chi connectivity index (χ2v) is 4.77. The number of rotatable bonds is 2. The Morgan fingerprint density at radius 2 is 1.82 bits per heavy atom. The summed E-state index contributed by atoms with van der Waals surface area (Å²) in [4.78, 5) is 0. The van der Waals surface area contributed by atoms with E-state index in [9.17, 15) is 8.78 Å². The zero-order valence-electron chi connectivity index (χ0n) is 10.0. The van der Waals surface area contributed by atoms with Crippen LogP contribution in [0.3, 0.4) is 0 Å². The SMILES string of the molecule is CC(C)C1CNCC(c2cc(F)cc(F)c2)O1. The van der Waals surface area contributed by atoms with Gasteiger partial charge >= 0.3 is 0 Å². The maximum atomic E-state index is 13.1. The van der Waals surface area contributed by atoms with Gasteiger partial charge in [-0.2, -0.15) is 0 Å². The van der Waals surface area contributed by atoms with E-state index in [-0.39, 0.29) is 12.2 Å². The summed E-state index contributed by atoms with van der Waals surface area (Å²) >= 11 is 0. The lowest BCUT2D eigenvalue weighted by molar-refractivity contribution is -0.0605. The van der Waals surface area contributed by atoms with Crippen LogP contribution in [-0.2, 0) is 4.74 Å². The number of benzene rings is 1. The van der Waals surface area contributed by atoms with E-state index in [0.29, 0.717) is 18.0 Å². The van der Waals surface area contributed by atoms with Crippen molar-refractivity contribution in [3.8, 4) is 0 Å². The Labute approximate surface area is 100.0 Å². The monoisotopic (exact) mass is 241 g/mol. The normalized spacial score (nSPS) is 25.2. The molecule has 0 bridgehead atoms. The van der Waals surface area contributed by atoms with Crippen LogP contribution in [0.1, 0.15) is 25.5 Å². The molecule has 0 spiro atoms. The minimum Gasteiger partial charge on any atom is -0.367 e. The Morgan fingerprint density at radius 3 is 2.41 bits per heavy atom. The lowest BCUT2D eigenvalue weighted by Crippen LogP contribution is -2.43. The van der Waals surface area contributed by atoms with Crippen LogP contribution >= 0.6 is 0 Å². The first-order chi connectivity index (χ1) is 8.06. The van der Waals surface area contributed by atoms with E-state index in [2.05, 4.69) is 19.2 Å². The van der Waals surface area contributed by atoms with Gasteiger partial charge in [-0.25, -0.2) is 8.78 Å². The number of hydrogen-bond acceptors (Lipinski definition) is 2. The average Bonchev–Trinajstić information content (AvgIpc) is 2.28. The van der Waals surface area contributed by atoms with E-state index < -0.39 is 11.6 Å². The van der Waals surface area contributed by atoms with Crippen LogP contribution in [0.5, 0.6) is 0 Å². The molecule has 0 amide bonds. The molecule has 2 nitrogen and oxygen atoms in total. The number of ether oxygens (including phenoxy) is 1. The molecule has 1 N–H and O–H groups in total. The third kappa shape index (κ3) is 3.01. The van der Waals surface area contributed by atoms with Gasteiger partial charge in [0, 0.05) is 19.2 Å². The predicted molar refractivity (Wildman–Crippen MR) is 61.7 cm³/mol. The molecule has 1 aliphatic heterocycles. The molecule has 0 saturated carbocycles. The molecule has 4 heteroatoms. The zero-order valence-corrected chi connectivity index (χ0v) is 10.0. The number of morpholine rings is 1. The van der Waals surface area contributed by atoms with Crippen LogP contribution in [0.15, 0.2) is 18.2 Å². The first-order valence-corrected chi connectivity index (χ1v) is 5.88. The first kappa shape index (κ1) is 12.5. The molecule has 1 aromatic rings. The lowest BCUT2D eigenvalue weighted by Gasteiger charge is -2.33. The van der Waals surface area contributed by atoms with Gasteiger partial charge in [-0.3, -0.25) is 0 Å². The molecular formula is C13H17F2NO. The van der Waals surface area contributed by atoms with Crippen molar-refractivity contribution in [1.82, 2.24) is 5.32 Å². The van der Waals surface area contributed by atoms with Gasteiger partial charge in [0.2, 0.25) is 0 Å². The Kier molecular flexibility index (Phi) is 3.74. The van der Waals surface area contributed by atoms with E-state index in [1.165, 1.54) is 12.1 Å². The average molecular weight is 241 g/mol. The lowest BCUT2D eigenvalue weighted by atomic mass is 10.0. The first-order valence-electron chi connectivity index (χ1n) is 5.88. The van der Waals surface area contributed by atoms with Crippen molar-refractivity contribution in [3.63, 3.8) is 0 Å². The molecule has 2 rings (SSSR count). The summed E-state index contributed by atoms with van der Waals surface area (Å²) < 4.78 is 32.1. The highest BCUT2D eigenvalue weighted by molar-refractivity contribution is 5.21. The van der Waals surface area contributed by atoms with E-state index in [1.807, 2.05) is 0 Å². The summed E-state index contributed by atoms with van der Waals surface area (Å²) in [5.41, 5.74) is 0.556. The van der Waals surface area contributed by atoms with Gasteiger partial charge in [-0.05, 0) is 23.6 Å². The number of hydrogen-bond donors (Lipinski definition) is 1. The van der Waals surface area contributed by atoms with E-state index >= 15 is 0 Å². The smallest absolute Gasteiger partial charge is 0.126 e. The van der Waals surface area contributed by atoms with Crippen LogP contribution in [0.2, 0.25) is 0 Å². The second kappa shape index (κ2) is 5.10. The van der Waals surface area contributed by atoms with E-state index in [1.54, 1.807) is 0 Å². The highest BCUT2D eigenvalue weighted by atomic mass is 19.1. The van der Waals surface area contributed by atoms with E-state index in [4.69, 9.17) is 4.74 Å². The summed E-state index contributed by atoms with van der Waals surface area (Å²) in [5.74, 6) is -0.741. The maximum absolute atomic E-state index is 13.1. The highest BCUT2D eigenvalue weighted by Crippen LogP contribution is 2.25. The number of nitrogens with one attached hydrogen (secondary N) is 1. The van der Waals surface area contributed by atoms with Crippen molar-refractivity contribution in [2.75, 3.05) is 13.1 Å². The Balaban J connectivity index is 2.16. The van der Waals surface area contributed by atoms with Gasteiger partial charge in [-0.15, -0.1) is 0 Å². The third-order valence-electron chi connectivity index (χ3n) is 3.01. The van der Waals surface area contributed by atoms with Crippen molar-refractivity contribution in [2.45, 2.75) is 26.1 Å².